The Labute approximate surface area is 155 Å². The molecule has 0 radical (unpaired) electrons. The van der Waals surface area contributed by atoms with Gasteiger partial charge in [0.25, 0.3) is 5.91 Å². The normalized spacial score (nSPS) is 12.1. The van der Waals surface area contributed by atoms with Gasteiger partial charge in [-0.3, -0.25) is 4.79 Å². The summed E-state index contributed by atoms with van der Waals surface area (Å²) < 4.78 is 65.6. The predicted molar refractivity (Wildman–Crippen MR) is 96.2 cm³/mol. The summed E-state index contributed by atoms with van der Waals surface area (Å²) in [6, 6.07) is 7.49. The fourth-order valence-electron chi connectivity index (χ4n) is 2.49. The second kappa shape index (κ2) is 7.69. The van der Waals surface area contributed by atoms with Crippen LogP contribution < -0.4 is 10.0 Å². The number of alkyl halides is 3. The van der Waals surface area contributed by atoms with Gasteiger partial charge in [-0.15, -0.1) is 0 Å². The highest BCUT2D eigenvalue weighted by Gasteiger charge is 2.32. The number of aryl methyl sites for hydroxylation is 2. The van der Waals surface area contributed by atoms with E-state index in [1.54, 1.807) is 13.8 Å². The Bertz CT molecular complexity index is 970. The van der Waals surface area contributed by atoms with Gasteiger partial charge < -0.3 is 5.32 Å². The predicted octanol–water partition coefficient (Wildman–Crippen LogP) is 3.87. The van der Waals surface area contributed by atoms with Crippen molar-refractivity contribution in [2.24, 2.45) is 0 Å². The number of halogens is 3. The first-order chi connectivity index (χ1) is 12.5. The summed E-state index contributed by atoms with van der Waals surface area (Å²) in [6.07, 6.45) is -4.54. The average Bonchev–Trinajstić information content (AvgIpc) is 2.55. The van der Waals surface area contributed by atoms with Crippen molar-refractivity contribution in [3.05, 3.63) is 58.7 Å². The van der Waals surface area contributed by atoms with E-state index in [9.17, 15) is 26.4 Å². The molecule has 0 aliphatic carbocycles. The Morgan fingerprint density at radius 3 is 2.26 bits per heavy atom. The van der Waals surface area contributed by atoms with E-state index in [2.05, 4.69) is 10.0 Å². The van der Waals surface area contributed by atoms with Gasteiger partial charge in [0.1, 0.15) is 0 Å². The summed E-state index contributed by atoms with van der Waals surface area (Å²) in [5.74, 6) is -0.696. The zero-order valence-electron chi connectivity index (χ0n) is 14.9. The number of hydrogen-bond donors (Lipinski definition) is 2. The Morgan fingerprint density at radius 1 is 1.04 bits per heavy atom. The van der Waals surface area contributed by atoms with Crippen LogP contribution >= 0.6 is 0 Å². The second-order valence-electron chi connectivity index (χ2n) is 5.96. The van der Waals surface area contributed by atoms with Gasteiger partial charge in [-0.2, -0.15) is 13.2 Å². The summed E-state index contributed by atoms with van der Waals surface area (Å²) in [5.41, 5.74) is -0.289. The van der Waals surface area contributed by atoms with Crippen LogP contribution in [0.25, 0.3) is 0 Å². The molecular weight excluding hydrogens is 381 g/mol. The summed E-state index contributed by atoms with van der Waals surface area (Å²) in [5, 5.41) is 2.40. The van der Waals surface area contributed by atoms with E-state index in [-0.39, 0.29) is 28.3 Å². The van der Waals surface area contributed by atoms with Crippen molar-refractivity contribution < 1.29 is 26.4 Å². The molecule has 0 aliphatic rings. The van der Waals surface area contributed by atoms with Gasteiger partial charge in [0, 0.05) is 17.8 Å². The third kappa shape index (κ3) is 4.86. The fraction of sp³-hybridized carbons (Fsp3) is 0.278. The van der Waals surface area contributed by atoms with Gasteiger partial charge in [0.15, 0.2) is 0 Å². The highest BCUT2D eigenvalue weighted by molar-refractivity contribution is 7.89. The molecule has 0 fully saturated rings. The van der Waals surface area contributed by atoms with Crippen LogP contribution in [0, 0.1) is 13.8 Å². The van der Waals surface area contributed by atoms with Crippen molar-refractivity contribution in [3.63, 3.8) is 0 Å². The van der Waals surface area contributed by atoms with Crippen LogP contribution in [0.15, 0.2) is 41.3 Å². The first-order valence-electron chi connectivity index (χ1n) is 8.05. The maximum atomic E-state index is 13.0. The zero-order chi connectivity index (χ0) is 20.4. The third-order valence-corrected chi connectivity index (χ3v) is 5.44. The third-order valence-electron chi connectivity index (χ3n) is 3.90. The molecule has 0 aliphatic heterocycles. The van der Waals surface area contributed by atoms with Crippen molar-refractivity contribution in [2.45, 2.75) is 31.8 Å². The van der Waals surface area contributed by atoms with Crippen molar-refractivity contribution >= 4 is 21.6 Å². The van der Waals surface area contributed by atoms with E-state index < -0.39 is 27.7 Å². The molecule has 2 aromatic rings. The highest BCUT2D eigenvalue weighted by Crippen LogP contribution is 2.33. The Hall–Kier alpha value is -2.39. The van der Waals surface area contributed by atoms with Gasteiger partial charge in [-0.05, 0) is 49.2 Å². The molecule has 27 heavy (non-hydrogen) atoms. The molecule has 0 atom stereocenters. The molecule has 0 saturated carbocycles. The molecule has 2 N–H and O–H groups in total. The number of nitrogens with one attached hydrogen (secondary N) is 2. The molecule has 0 aromatic heterocycles. The lowest BCUT2D eigenvalue weighted by Gasteiger charge is -2.14. The van der Waals surface area contributed by atoms with Crippen LogP contribution in [0.4, 0.5) is 18.9 Å². The Balaban J connectivity index is 2.37. The summed E-state index contributed by atoms with van der Waals surface area (Å²) in [7, 11) is -3.77. The molecule has 0 saturated heterocycles. The molecule has 0 spiro atoms. The van der Waals surface area contributed by atoms with E-state index >= 15 is 0 Å². The highest BCUT2D eigenvalue weighted by atomic mass is 32.2. The summed E-state index contributed by atoms with van der Waals surface area (Å²) in [4.78, 5) is 12.4. The van der Waals surface area contributed by atoms with E-state index in [0.29, 0.717) is 5.56 Å². The molecule has 5 nitrogen and oxygen atoms in total. The lowest BCUT2D eigenvalue weighted by atomic mass is 10.1. The van der Waals surface area contributed by atoms with Gasteiger partial charge in [-0.1, -0.05) is 19.1 Å². The van der Waals surface area contributed by atoms with Crippen molar-refractivity contribution in [2.75, 3.05) is 11.9 Å². The molecular formula is C18H19F3N2O3S. The molecule has 1 amide bonds. The lowest BCUT2D eigenvalue weighted by molar-refractivity contribution is -0.138. The standard InChI is InChI=1S/C18H19F3N2O3S/c1-4-22-27(25,26)14-8-6-11(2)15(10-14)17(24)23-13-7-5-12(3)16(9-13)18(19,20)21/h5-10,22H,4H2,1-3H3,(H,23,24). The van der Waals surface area contributed by atoms with Gasteiger partial charge in [0.05, 0.1) is 10.5 Å². The van der Waals surface area contributed by atoms with E-state index in [4.69, 9.17) is 0 Å². The molecule has 2 rings (SSSR count). The minimum Gasteiger partial charge on any atom is -0.322 e. The maximum Gasteiger partial charge on any atom is 0.416 e. The fourth-order valence-corrected chi connectivity index (χ4v) is 3.56. The smallest absolute Gasteiger partial charge is 0.322 e. The maximum absolute atomic E-state index is 13.0. The minimum atomic E-state index is -4.54. The Morgan fingerprint density at radius 2 is 1.67 bits per heavy atom. The average molecular weight is 400 g/mol. The number of sulfonamides is 1. The van der Waals surface area contributed by atoms with Crippen LogP contribution in [0.1, 0.15) is 34.0 Å². The molecule has 0 bridgehead atoms. The monoisotopic (exact) mass is 400 g/mol. The quantitative estimate of drug-likeness (QED) is 0.800. The van der Waals surface area contributed by atoms with E-state index in [0.717, 1.165) is 6.07 Å². The van der Waals surface area contributed by atoms with Crippen LogP contribution in [0.2, 0.25) is 0 Å². The van der Waals surface area contributed by atoms with Crippen LogP contribution in [0.5, 0.6) is 0 Å². The van der Waals surface area contributed by atoms with E-state index in [1.165, 1.54) is 37.3 Å². The van der Waals surface area contributed by atoms with Crippen molar-refractivity contribution in [1.82, 2.24) is 4.72 Å². The number of rotatable bonds is 5. The SMILES string of the molecule is CCNS(=O)(=O)c1ccc(C)c(C(=O)Nc2ccc(C)c(C(F)(F)F)c2)c1. The first-order valence-corrected chi connectivity index (χ1v) is 9.53. The lowest BCUT2D eigenvalue weighted by Crippen LogP contribution is -2.24. The number of anilines is 1. The molecule has 2 aromatic carbocycles. The van der Waals surface area contributed by atoms with Gasteiger partial charge >= 0.3 is 6.18 Å². The van der Waals surface area contributed by atoms with Crippen LogP contribution in [-0.4, -0.2) is 20.9 Å². The second-order valence-corrected chi connectivity index (χ2v) is 7.73. The Kier molecular flexibility index (Phi) is 5.96. The molecule has 146 valence electrons. The number of benzene rings is 2. The molecule has 0 unspecified atom stereocenters. The van der Waals surface area contributed by atoms with Gasteiger partial charge in [0.2, 0.25) is 10.0 Å². The largest absolute Gasteiger partial charge is 0.416 e. The molecule has 0 heterocycles. The minimum absolute atomic E-state index is 0.0303. The number of amides is 1. The summed E-state index contributed by atoms with van der Waals surface area (Å²) in [6.45, 7) is 4.73. The number of carbonyl (C=O) groups excluding carboxylic acids is 1. The number of hydrogen-bond acceptors (Lipinski definition) is 3. The van der Waals surface area contributed by atoms with Crippen LogP contribution in [0.3, 0.4) is 0 Å². The van der Waals surface area contributed by atoms with Gasteiger partial charge in [-0.25, -0.2) is 13.1 Å². The summed E-state index contributed by atoms with van der Waals surface area (Å²) >= 11 is 0. The first kappa shape index (κ1) is 20.9. The number of carbonyl (C=O) groups is 1. The topological polar surface area (TPSA) is 75.3 Å². The van der Waals surface area contributed by atoms with Crippen LogP contribution in [-0.2, 0) is 16.2 Å². The van der Waals surface area contributed by atoms with Crippen molar-refractivity contribution in [1.29, 1.82) is 0 Å². The van der Waals surface area contributed by atoms with E-state index in [1.807, 2.05) is 0 Å². The van der Waals surface area contributed by atoms with Crippen molar-refractivity contribution in [3.8, 4) is 0 Å². The zero-order valence-corrected chi connectivity index (χ0v) is 15.8. The molecule has 9 heteroatoms.